The van der Waals surface area contributed by atoms with Crippen molar-refractivity contribution in [1.29, 1.82) is 0 Å². The van der Waals surface area contributed by atoms with Crippen molar-refractivity contribution in [2.45, 2.75) is 87.9 Å². The summed E-state index contributed by atoms with van der Waals surface area (Å²) < 4.78 is 64.1. The molecule has 0 radical (unpaired) electrons. The molecule has 2 aromatic rings. The second-order valence-corrected chi connectivity index (χ2v) is 12.9. The summed E-state index contributed by atoms with van der Waals surface area (Å²) in [5, 5.41) is 26.9. The van der Waals surface area contributed by atoms with Gasteiger partial charge in [-0.3, -0.25) is 4.79 Å². The number of aliphatic hydroxyl groups is 2. The van der Waals surface area contributed by atoms with Crippen molar-refractivity contribution in [3.8, 4) is 0 Å². The molecular weight excluding hydrogens is 521 g/mol. The number of carbonyl (C=O) groups is 1. The monoisotopic (exact) mass is 556 g/mol. The zero-order valence-corrected chi connectivity index (χ0v) is 22.7. The molecule has 0 fully saturated rings. The molecule has 4 N–H and O–H groups in total. The Kier molecular flexibility index (Phi) is 8.97. The van der Waals surface area contributed by atoms with Gasteiger partial charge in [0.1, 0.15) is 6.10 Å². The number of sulfone groups is 1. The number of halogens is 3. The van der Waals surface area contributed by atoms with Gasteiger partial charge < -0.3 is 20.8 Å². The lowest BCUT2D eigenvalue weighted by Gasteiger charge is -2.30. The third-order valence-electron chi connectivity index (χ3n) is 6.49. The number of benzene rings is 2. The van der Waals surface area contributed by atoms with E-state index in [1.54, 1.807) is 0 Å². The fraction of sp³-hybridized carbons (Fsp3) is 0.519. The average Bonchev–Trinajstić information content (AvgIpc) is 2.81. The zero-order chi connectivity index (χ0) is 28.5. The van der Waals surface area contributed by atoms with Crippen LogP contribution in [-0.4, -0.2) is 48.0 Å². The van der Waals surface area contributed by atoms with E-state index in [1.165, 1.54) is 0 Å². The van der Waals surface area contributed by atoms with E-state index < -0.39 is 56.4 Å². The number of fused-ring (bicyclic) bond motifs is 1. The van der Waals surface area contributed by atoms with Crippen LogP contribution in [0.3, 0.4) is 0 Å². The van der Waals surface area contributed by atoms with Crippen LogP contribution >= 0.6 is 0 Å². The normalized spacial score (nSPS) is 18.8. The third-order valence-corrected chi connectivity index (χ3v) is 8.24. The number of rotatable bonds is 8. The molecule has 0 saturated carbocycles. The van der Waals surface area contributed by atoms with Crippen molar-refractivity contribution in [3.05, 3.63) is 64.7 Å². The lowest BCUT2D eigenvalue weighted by Crippen LogP contribution is -2.46. The van der Waals surface area contributed by atoms with Crippen molar-refractivity contribution in [1.82, 2.24) is 10.6 Å². The number of carbonyl (C=O) groups excluding carboxylic acids is 1. The van der Waals surface area contributed by atoms with Crippen LogP contribution in [0.25, 0.3) is 0 Å². The zero-order valence-electron chi connectivity index (χ0n) is 21.8. The first-order valence-corrected chi connectivity index (χ1v) is 14.1. The molecule has 0 aromatic heterocycles. The SMILES string of the molecule is C[C@@H](NC(C)(C)C)c1ccc2c(c1)CCC[C@H]2NC(=O)[C@H](O)[C@H](O)CS(=O)(=O)c1cccc(C(F)(F)F)c1. The predicted molar refractivity (Wildman–Crippen MR) is 137 cm³/mol. The highest BCUT2D eigenvalue weighted by atomic mass is 32.2. The van der Waals surface area contributed by atoms with Crippen molar-refractivity contribution in [2.75, 3.05) is 5.75 Å². The van der Waals surface area contributed by atoms with Crippen LogP contribution < -0.4 is 10.6 Å². The molecule has 0 spiro atoms. The first kappa shape index (κ1) is 30.1. The lowest BCUT2D eigenvalue weighted by atomic mass is 9.85. The van der Waals surface area contributed by atoms with Gasteiger partial charge in [0.25, 0.3) is 5.91 Å². The number of alkyl halides is 3. The molecule has 0 heterocycles. The second kappa shape index (κ2) is 11.3. The highest BCUT2D eigenvalue weighted by molar-refractivity contribution is 7.91. The molecule has 1 aliphatic rings. The van der Waals surface area contributed by atoms with Gasteiger partial charge in [-0.1, -0.05) is 24.3 Å². The van der Waals surface area contributed by atoms with Gasteiger partial charge in [-0.05, 0) is 81.8 Å². The molecule has 0 unspecified atom stereocenters. The number of hydrogen-bond acceptors (Lipinski definition) is 6. The largest absolute Gasteiger partial charge is 0.416 e. The van der Waals surface area contributed by atoms with Crippen LogP contribution in [-0.2, 0) is 27.2 Å². The molecule has 0 saturated heterocycles. The molecule has 7 nitrogen and oxygen atoms in total. The van der Waals surface area contributed by atoms with Crippen LogP contribution in [0.5, 0.6) is 0 Å². The highest BCUT2D eigenvalue weighted by Gasteiger charge is 2.35. The molecule has 11 heteroatoms. The first-order chi connectivity index (χ1) is 17.5. The number of hydrogen-bond donors (Lipinski definition) is 4. The highest BCUT2D eigenvalue weighted by Crippen LogP contribution is 2.33. The van der Waals surface area contributed by atoms with Gasteiger partial charge in [-0.25, -0.2) is 8.42 Å². The fourth-order valence-corrected chi connectivity index (χ4v) is 6.11. The quantitative estimate of drug-likeness (QED) is 0.393. The van der Waals surface area contributed by atoms with Crippen LogP contribution in [0.15, 0.2) is 47.4 Å². The van der Waals surface area contributed by atoms with Gasteiger partial charge in [0.05, 0.1) is 22.3 Å². The van der Waals surface area contributed by atoms with Gasteiger partial charge in [-0.15, -0.1) is 0 Å². The Morgan fingerprint density at radius 1 is 1.11 bits per heavy atom. The van der Waals surface area contributed by atoms with E-state index in [9.17, 15) is 36.6 Å². The van der Waals surface area contributed by atoms with E-state index in [4.69, 9.17) is 0 Å². The number of aliphatic hydroxyl groups excluding tert-OH is 2. The van der Waals surface area contributed by atoms with Gasteiger partial charge in [0.2, 0.25) is 0 Å². The van der Waals surface area contributed by atoms with E-state index in [-0.39, 0.29) is 11.6 Å². The summed E-state index contributed by atoms with van der Waals surface area (Å²) in [6, 6.07) is 8.75. The molecule has 2 aromatic carbocycles. The Morgan fingerprint density at radius 2 is 1.79 bits per heavy atom. The van der Waals surface area contributed by atoms with Crippen LogP contribution in [0, 0.1) is 0 Å². The van der Waals surface area contributed by atoms with E-state index >= 15 is 0 Å². The maximum atomic E-state index is 13.0. The molecule has 0 aliphatic heterocycles. The molecule has 4 atom stereocenters. The molecule has 1 aliphatic carbocycles. The second-order valence-electron chi connectivity index (χ2n) is 10.8. The van der Waals surface area contributed by atoms with Crippen molar-refractivity contribution in [3.63, 3.8) is 0 Å². The minimum Gasteiger partial charge on any atom is -0.389 e. The minimum atomic E-state index is -4.75. The first-order valence-electron chi connectivity index (χ1n) is 12.4. The summed E-state index contributed by atoms with van der Waals surface area (Å²) in [5.41, 5.74) is 1.81. The number of amides is 1. The maximum Gasteiger partial charge on any atom is 0.416 e. The number of aryl methyl sites for hydroxylation is 1. The smallest absolute Gasteiger partial charge is 0.389 e. The van der Waals surface area contributed by atoms with Crippen LogP contribution in [0.4, 0.5) is 13.2 Å². The summed E-state index contributed by atoms with van der Waals surface area (Å²) in [6.07, 6.45) is -6.68. The van der Waals surface area contributed by atoms with Gasteiger partial charge >= 0.3 is 6.18 Å². The van der Waals surface area contributed by atoms with E-state index in [0.29, 0.717) is 12.5 Å². The number of nitrogens with one attached hydrogen (secondary N) is 2. The topological polar surface area (TPSA) is 116 Å². The third kappa shape index (κ3) is 7.56. The van der Waals surface area contributed by atoms with Gasteiger partial charge in [0.15, 0.2) is 15.9 Å². The lowest BCUT2D eigenvalue weighted by molar-refractivity contribution is -0.137. The van der Waals surface area contributed by atoms with Crippen molar-refractivity contribution in [2.24, 2.45) is 0 Å². The Bertz CT molecular complexity index is 1260. The van der Waals surface area contributed by atoms with Crippen molar-refractivity contribution >= 4 is 15.7 Å². The molecule has 38 heavy (non-hydrogen) atoms. The van der Waals surface area contributed by atoms with E-state index in [0.717, 1.165) is 47.7 Å². The van der Waals surface area contributed by atoms with Crippen LogP contribution in [0.2, 0.25) is 0 Å². The summed E-state index contributed by atoms with van der Waals surface area (Å²) >= 11 is 0. The van der Waals surface area contributed by atoms with Crippen LogP contribution in [0.1, 0.15) is 74.9 Å². The summed E-state index contributed by atoms with van der Waals surface area (Å²) in [5.74, 6) is -2.08. The standard InChI is InChI=1S/C27H35F3N2O5S/c1-16(32-26(2,3)4)17-11-12-21-18(13-17)7-5-10-22(21)31-25(35)24(34)23(33)15-38(36,37)20-9-6-8-19(14-20)27(28,29)30/h6,8-9,11-14,16,22-24,32-34H,5,7,10,15H2,1-4H3,(H,31,35)/t16-,22-,23-,24-/m1/s1. The molecule has 210 valence electrons. The van der Waals surface area contributed by atoms with Crippen molar-refractivity contribution < 1.29 is 36.6 Å². The molecule has 3 rings (SSSR count). The Balaban J connectivity index is 1.69. The van der Waals surface area contributed by atoms with Gasteiger partial charge in [-0.2, -0.15) is 13.2 Å². The molecule has 1 amide bonds. The van der Waals surface area contributed by atoms with E-state index in [2.05, 4.69) is 44.4 Å². The molecule has 0 bridgehead atoms. The summed E-state index contributed by atoms with van der Waals surface area (Å²) in [6.45, 7) is 8.31. The fourth-order valence-electron chi connectivity index (χ4n) is 4.70. The minimum absolute atomic E-state index is 0.0720. The predicted octanol–water partition coefficient (Wildman–Crippen LogP) is 3.84. The Hall–Kier alpha value is -2.47. The summed E-state index contributed by atoms with van der Waals surface area (Å²) in [4.78, 5) is 12.1. The van der Waals surface area contributed by atoms with Gasteiger partial charge in [0, 0.05) is 11.6 Å². The Labute approximate surface area is 221 Å². The Morgan fingerprint density at radius 3 is 2.42 bits per heavy atom. The summed E-state index contributed by atoms with van der Waals surface area (Å²) in [7, 11) is -4.42. The van der Waals surface area contributed by atoms with E-state index in [1.807, 2.05) is 12.1 Å². The molecular formula is C27H35F3N2O5S. The average molecular weight is 557 g/mol. The maximum absolute atomic E-state index is 13.0.